The fraction of sp³-hybridized carbons (Fsp3) is 0.778. The van der Waals surface area contributed by atoms with Gasteiger partial charge in [0, 0.05) is 13.1 Å². The zero-order valence-corrected chi connectivity index (χ0v) is 9.31. The highest BCUT2D eigenvalue weighted by atomic mass is 35.5. The topological polar surface area (TPSA) is 62.4 Å². The Morgan fingerprint density at radius 2 is 2.40 bits per heavy atom. The van der Waals surface area contributed by atoms with E-state index in [1.807, 2.05) is 11.8 Å². The van der Waals surface area contributed by atoms with Crippen molar-refractivity contribution in [3.05, 3.63) is 5.89 Å². The van der Waals surface area contributed by atoms with Crippen LogP contribution in [0.15, 0.2) is 4.42 Å². The zero-order chi connectivity index (χ0) is 10.8. The lowest BCUT2D eigenvalue weighted by molar-refractivity contribution is 0.101. The number of piperidine rings is 1. The SMILES string of the molecule is CC1CCN(c2nnc(CCl)o2)CC1O. The zero-order valence-electron chi connectivity index (χ0n) is 8.56. The second-order valence-corrected chi connectivity index (χ2v) is 4.16. The summed E-state index contributed by atoms with van der Waals surface area (Å²) < 4.78 is 5.32. The Balaban J connectivity index is 2.05. The van der Waals surface area contributed by atoms with Crippen LogP contribution in [0.1, 0.15) is 19.2 Å². The van der Waals surface area contributed by atoms with E-state index in [-0.39, 0.29) is 12.0 Å². The molecule has 2 heterocycles. The van der Waals surface area contributed by atoms with Crippen LogP contribution in [0.5, 0.6) is 0 Å². The number of halogens is 1. The maximum atomic E-state index is 9.72. The summed E-state index contributed by atoms with van der Waals surface area (Å²) in [5.74, 6) is 0.969. The summed E-state index contributed by atoms with van der Waals surface area (Å²) in [6.45, 7) is 3.42. The van der Waals surface area contributed by atoms with Crippen LogP contribution >= 0.6 is 11.6 Å². The first-order valence-corrected chi connectivity index (χ1v) is 5.55. The van der Waals surface area contributed by atoms with Crippen LogP contribution in [0.25, 0.3) is 0 Å². The molecule has 5 nitrogen and oxygen atoms in total. The second-order valence-electron chi connectivity index (χ2n) is 3.89. The summed E-state index contributed by atoms with van der Waals surface area (Å²) in [6, 6.07) is 0.455. The monoisotopic (exact) mass is 231 g/mol. The van der Waals surface area contributed by atoms with E-state index in [0.717, 1.165) is 13.0 Å². The molecule has 0 saturated carbocycles. The summed E-state index contributed by atoms with van der Waals surface area (Å²) in [5.41, 5.74) is 0. The molecule has 2 unspecified atom stereocenters. The smallest absolute Gasteiger partial charge is 0.318 e. The largest absolute Gasteiger partial charge is 0.407 e. The molecule has 6 heteroatoms. The lowest BCUT2D eigenvalue weighted by Crippen LogP contribution is -2.43. The maximum absolute atomic E-state index is 9.72. The van der Waals surface area contributed by atoms with E-state index in [0.29, 0.717) is 24.4 Å². The van der Waals surface area contributed by atoms with Crippen molar-refractivity contribution in [2.75, 3.05) is 18.0 Å². The standard InChI is InChI=1S/C9H14ClN3O2/c1-6-2-3-13(5-7(6)14)9-12-11-8(4-10)15-9/h6-7,14H,2-5H2,1H3. The van der Waals surface area contributed by atoms with Crippen LogP contribution in [0.4, 0.5) is 6.01 Å². The molecule has 1 aromatic heterocycles. The van der Waals surface area contributed by atoms with E-state index in [1.165, 1.54) is 0 Å². The molecule has 1 fully saturated rings. The third-order valence-corrected chi connectivity index (χ3v) is 2.99. The van der Waals surface area contributed by atoms with Gasteiger partial charge in [-0.15, -0.1) is 16.7 Å². The summed E-state index contributed by atoms with van der Waals surface area (Å²) in [7, 11) is 0. The maximum Gasteiger partial charge on any atom is 0.318 e. The second kappa shape index (κ2) is 4.37. The quantitative estimate of drug-likeness (QED) is 0.770. The molecule has 2 rings (SSSR count). The molecule has 0 bridgehead atoms. The number of aliphatic hydroxyl groups excluding tert-OH is 1. The number of aromatic nitrogens is 2. The highest BCUT2D eigenvalue weighted by Crippen LogP contribution is 2.22. The fourth-order valence-corrected chi connectivity index (χ4v) is 1.76. The average molecular weight is 232 g/mol. The molecule has 0 amide bonds. The highest BCUT2D eigenvalue weighted by Gasteiger charge is 2.27. The molecule has 0 aromatic carbocycles. The Hall–Kier alpha value is -0.810. The van der Waals surface area contributed by atoms with Crippen LogP contribution < -0.4 is 4.90 Å². The van der Waals surface area contributed by atoms with Crippen LogP contribution in [0.3, 0.4) is 0 Å². The minimum atomic E-state index is -0.329. The van der Waals surface area contributed by atoms with E-state index in [4.69, 9.17) is 16.0 Å². The molecular formula is C9H14ClN3O2. The molecule has 84 valence electrons. The number of rotatable bonds is 2. The summed E-state index contributed by atoms with van der Waals surface area (Å²) in [5, 5.41) is 17.4. The van der Waals surface area contributed by atoms with E-state index in [9.17, 15) is 5.11 Å². The lowest BCUT2D eigenvalue weighted by atomic mass is 9.96. The predicted molar refractivity (Wildman–Crippen MR) is 55.9 cm³/mol. The minimum Gasteiger partial charge on any atom is -0.407 e. The lowest BCUT2D eigenvalue weighted by Gasteiger charge is -2.32. The molecule has 1 aliphatic heterocycles. The number of hydrogen-bond donors (Lipinski definition) is 1. The van der Waals surface area contributed by atoms with Gasteiger partial charge in [-0.3, -0.25) is 0 Å². The highest BCUT2D eigenvalue weighted by molar-refractivity contribution is 6.16. The molecule has 1 aromatic rings. The number of aliphatic hydroxyl groups is 1. The van der Waals surface area contributed by atoms with Gasteiger partial charge in [-0.05, 0) is 12.3 Å². The Morgan fingerprint density at radius 3 is 3.00 bits per heavy atom. The number of hydrogen-bond acceptors (Lipinski definition) is 5. The van der Waals surface area contributed by atoms with Crippen molar-refractivity contribution in [2.45, 2.75) is 25.3 Å². The van der Waals surface area contributed by atoms with Gasteiger partial charge in [0.15, 0.2) is 0 Å². The molecule has 15 heavy (non-hydrogen) atoms. The van der Waals surface area contributed by atoms with Gasteiger partial charge in [-0.2, -0.15) is 0 Å². The van der Waals surface area contributed by atoms with Crippen molar-refractivity contribution in [3.63, 3.8) is 0 Å². The molecular weight excluding hydrogens is 218 g/mol. The van der Waals surface area contributed by atoms with Gasteiger partial charge in [-0.1, -0.05) is 12.0 Å². The molecule has 1 saturated heterocycles. The van der Waals surface area contributed by atoms with E-state index in [1.54, 1.807) is 0 Å². The first kappa shape index (κ1) is 10.7. The molecule has 1 aliphatic rings. The third kappa shape index (κ3) is 2.23. The fourth-order valence-electron chi connectivity index (χ4n) is 1.65. The Morgan fingerprint density at radius 1 is 1.60 bits per heavy atom. The first-order valence-electron chi connectivity index (χ1n) is 5.02. The predicted octanol–water partition coefficient (Wildman–Crippen LogP) is 1.02. The average Bonchev–Trinajstić information content (AvgIpc) is 2.70. The summed E-state index contributed by atoms with van der Waals surface area (Å²) >= 11 is 5.57. The molecule has 1 N–H and O–H groups in total. The van der Waals surface area contributed by atoms with Crippen molar-refractivity contribution in [3.8, 4) is 0 Å². The van der Waals surface area contributed by atoms with E-state index in [2.05, 4.69) is 10.2 Å². The Labute approximate surface area is 93.0 Å². The van der Waals surface area contributed by atoms with Gasteiger partial charge in [0.05, 0.1) is 6.10 Å². The number of β-amino-alcohol motifs (C(OH)–C–C–N with tert-alkyl or cyclic N) is 1. The first-order chi connectivity index (χ1) is 7.20. The van der Waals surface area contributed by atoms with Crippen molar-refractivity contribution in [2.24, 2.45) is 5.92 Å². The van der Waals surface area contributed by atoms with E-state index >= 15 is 0 Å². The van der Waals surface area contributed by atoms with Gasteiger partial charge < -0.3 is 14.4 Å². The van der Waals surface area contributed by atoms with Crippen molar-refractivity contribution in [1.82, 2.24) is 10.2 Å². The third-order valence-electron chi connectivity index (χ3n) is 2.76. The number of nitrogens with zero attached hydrogens (tertiary/aromatic N) is 3. The van der Waals surface area contributed by atoms with E-state index < -0.39 is 0 Å². The van der Waals surface area contributed by atoms with Gasteiger partial charge in [-0.25, -0.2) is 0 Å². The van der Waals surface area contributed by atoms with Gasteiger partial charge in [0.2, 0.25) is 5.89 Å². The Kier molecular flexibility index (Phi) is 3.11. The van der Waals surface area contributed by atoms with Gasteiger partial charge in [0.25, 0.3) is 0 Å². The number of alkyl halides is 1. The van der Waals surface area contributed by atoms with Gasteiger partial charge in [0.1, 0.15) is 5.88 Å². The summed E-state index contributed by atoms with van der Waals surface area (Å²) in [6.07, 6.45) is 0.602. The van der Waals surface area contributed by atoms with Crippen LogP contribution in [0.2, 0.25) is 0 Å². The normalized spacial score (nSPS) is 27.0. The summed E-state index contributed by atoms with van der Waals surface area (Å²) in [4.78, 5) is 1.90. The van der Waals surface area contributed by atoms with Crippen LogP contribution in [-0.4, -0.2) is 34.5 Å². The van der Waals surface area contributed by atoms with Crippen LogP contribution in [0, 0.1) is 5.92 Å². The van der Waals surface area contributed by atoms with Crippen molar-refractivity contribution < 1.29 is 9.52 Å². The van der Waals surface area contributed by atoms with Crippen molar-refractivity contribution >= 4 is 17.6 Å². The van der Waals surface area contributed by atoms with Crippen molar-refractivity contribution in [1.29, 1.82) is 0 Å². The Bertz CT molecular complexity index is 331. The molecule has 0 aliphatic carbocycles. The molecule has 0 radical (unpaired) electrons. The molecule has 0 spiro atoms. The molecule has 2 atom stereocenters. The van der Waals surface area contributed by atoms with Crippen LogP contribution in [-0.2, 0) is 5.88 Å². The minimum absolute atomic E-state index is 0.222. The van der Waals surface area contributed by atoms with Gasteiger partial charge >= 0.3 is 6.01 Å². The number of anilines is 1.